The van der Waals surface area contributed by atoms with Crippen molar-refractivity contribution in [3.8, 4) is 5.75 Å². The lowest BCUT2D eigenvalue weighted by molar-refractivity contribution is -0.180. The minimum absolute atomic E-state index is 0.0160. The van der Waals surface area contributed by atoms with Gasteiger partial charge >= 0.3 is 17.9 Å². The molecular formula is C42H59Cl2N3O10. The quantitative estimate of drug-likeness (QED) is 0.101. The molecule has 1 heterocycles. The van der Waals surface area contributed by atoms with Crippen LogP contribution < -0.4 is 21.1 Å². The molecule has 7 atom stereocenters. The van der Waals surface area contributed by atoms with Gasteiger partial charge in [0.1, 0.15) is 24.7 Å². The monoisotopic (exact) mass is 835 g/mol. The molecule has 0 saturated carbocycles. The molecule has 0 saturated heterocycles. The Morgan fingerprint density at radius 3 is 2.32 bits per heavy atom. The lowest BCUT2D eigenvalue weighted by Gasteiger charge is -2.33. The van der Waals surface area contributed by atoms with Crippen LogP contribution in [0.2, 0.25) is 5.02 Å². The highest BCUT2D eigenvalue weighted by molar-refractivity contribution is 6.32. The Bertz CT molecular complexity index is 1700. The van der Waals surface area contributed by atoms with Gasteiger partial charge in [-0.05, 0) is 81.4 Å². The molecule has 6 N–H and O–H groups in total. The molecule has 0 spiro atoms. The first kappa shape index (κ1) is 47.7. The highest BCUT2D eigenvalue weighted by atomic mass is 35.5. The van der Waals surface area contributed by atoms with E-state index < -0.39 is 76.5 Å². The first-order valence-corrected chi connectivity index (χ1v) is 19.9. The van der Waals surface area contributed by atoms with Gasteiger partial charge in [0.05, 0.1) is 40.5 Å². The maximum atomic E-state index is 13.8. The number of rotatable bonds is 13. The van der Waals surface area contributed by atoms with E-state index in [0.29, 0.717) is 27.5 Å². The van der Waals surface area contributed by atoms with Gasteiger partial charge in [0, 0.05) is 25.4 Å². The van der Waals surface area contributed by atoms with Gasteiger partial charge in [0.25, 0.3) is 0 Å². The van der Waals surface area contributed by atoms with Crippen LogP contribution in [0.25, 0.3) is 0 Å². The summed E-state index contributed by atoms with van der Waals surface area (Å²) in [5, 5.41) is 28.0. The number of nitrogens with one attached hydrogen (secondary N) is 2. The van der Waals surface area contributed by atoms with Crippen LogP contribution in [0.3, 0.4) is 0 Å². The number of amides is 1. The molecule has 1 amide bonds. The minimum Gasteiger partial charge on any atom is -0.495 e. The SMILES string of the molecule is COc1ccc(CC2NC(=O)/C=C/CC([C@H](C)C(O)C(Cl)c3ccc(COC(=O)C(C)(C)CN)cc3)OC(=O)[C@H](CC(C)C)OC(=O)C(C)(C)CNC2O)cc1Cl. The number of methoxy groups -OCH3 is 1. The van der Waals surface area contributed by atoms with Crippen LogP contribution in [0.4, 0.5) is 0 Å². The second-order valence-electron chi connectivity index (χ2n) is 16.3. The summed E-state index contributed by atoms with van der Waals surface area (Å²) < 4.78 is 22.5. The summed E-state index contributed by atoms with van der Waals surface area (Å²) in [7, 11) is 1.50. The van der Waals surface area contributed by atoms with E-state index in [0.717, 1.165) is 0 Å². The highest BCUT2D eigenvalue weighted by Gasteiger charge is 2.39. The van der Waals surface area contributed by atoms with E-state index in [1.165, 1.54) is 19.3 Å². The molecule has 2 aromatic carbocycles. The molecule has 3 rings (SSSR count). The van der Waals surface area contributed by atoms with Crippen molar-refractivity contribution in [2.24, 2.45) is 28.4 Å². The van der Waals surface area contributed by atoms with E-state index in [1.54, 1.807) is 77.1 Å². The molecule has 0 aliphatic carbocycles. The van der Waals surface area contributed by atoms with Crippen LogP contribution in [0.5, 0.6) is 5.75 Å². The predicted octanol–water partition coefficient (Wildman–Crippen LogP) is 5.14. The number of carbonyl (C=O) groups is 4. The third kappa shape index (κ3) is 14.0. The third-order valence-electron chi connectivity index (χ3n) is 9.95. The Hall–Kier alpha value is -3.72. The van der Waals surface area contributed by atoms with Gasteiger partial charge in [0.2, 0.25) is 5.91 Å². The number of benzene rings is 2. The fraction of sp³-hybridized carbons (Fsp3) is 0.571. The summed E-state index contributed by atoms with van der Waals surface area (Å²) in [6.45, 7) is 12.1. The van der Waals surface area contributed by atoms with Crippen LogP contribution in [0, 0.1) is 22.7 Å². The Balaban J connectivity index is 1.90. The van der Waals surface area contributed by atoms with Gasteiger partial charge in [-0.15, -0.1) is 11.6 Å². The van der Waals surface area contributed by atoms with Crippen molar-refractivity contribution in [3.05, 3.63) is 76.3 Å². The van der Waals surface area contributed by atoms with Crippen LogP contribution in [0.1, 0.15) is 83.4 Å². The topological polar surface area (TPSA) is 196 Å². The number of aliphatic hydroxyl groups is 2. The Labute approximate surface area is 345 Å². The summed E-state index contributed by atoms with van der Waals surface area (Å²) in [5.41, 5.74) is 5.60. The standard InChI is InChI=1S/C42H59Cl2N3O10/c1-24(2)18-33-38(51)56-31(25(3)36(49)35(44)28-15-12-26(13-16-28)21-55-39(52)41(4,5)22-45)10-9-11-34(48)47-30(20-27-14-17-32(54-8)29(43)19-27)37(50)46-23-42(6,7)40(53)57-33/h9,11-17,19,24-25,30-31,33,35-37,46,49-50H,10,18,20-23,45H2,1-8H3,(H,47,48)/b11-9+/t25-,30?,31?,33-,35?,36?,37?/m0/s1. The zero-order valence-electron chi connectivity index (χ0n) is 34.1. The van der Waals surface area contributed by atoms with Crippen LogP contribution in [-0.2, 0) is 46.4 Å². The van der Waals surface area contributed by atoms with Gasteiger partial charge in [-0.2, -0.15) is 0 Å². The number of cyclic esters (lactones) is 2. The van der Waals surface area contributed by atoms with Gasteiger partial charge < -0.3 is 40.2 Å². The number of alkyl halides is 1. The normalized spacial score (nSPS) is 23.4. The first-order valence-electron chi connectivity index (χ1n) is 19.1. The molecule has 1 aliphatic heterocycles. The van der Waals surface area contributed by atoms with Crippen LogP contribution >= 0.6 is 23.2 Å². The Morgan fingerprint density at radius 1 is 1.07 bits per heavy atom. The van der Waals surface area contributed by atoms with Crippen LogP contribution in [-0.4, -0.2) is 84.8 Å². The van der Waals surface area contributed by atoms with Crippen LogP contribution in [0.15, 0.2) is 54.6 Å². The molecule has 15 heteroatoms. The Kier molecular flexibility index (Phi) is 17.8. The van der Waals surface area contributed by atoms with Crippen molar-refractivity contribution in [3.63, 3.8) is 0 Å². The predicted molar refractivity (Wildman–Crippen MR) is 217 cm³/mol. The molecule has 0 fully saturated rings. The second-order valence-corrected chi connectivity index (χ2v) is 17.2. The number of hydrogen-bond acceptors (Lipinski definition) is 12. The first-order chi connectivity index (χ1) is 26.7. The summed E-state index contributed by atoms with van der Waals surface area (Å²) >= 11 is 13.2. The van der Waals surface area contributed by atoms with E-state index in [4.69, 9.17) is 47.9 Å². The summed E-state index contributed by atoms with van der Waals surface area (Å²) in [6, 6.07) is 11.1. The van der Waals surface area contributed by atoms with Crippen molar-refractivity contribution in [2.45, 2.75) is 110 Å². The number of esters is 3. The average Bonchev–Trinajstić information content (AvgIpc) is 3.16. The lowest BCUT2D eigenvalue weighted by atomic mass is 9.90. The smallest absolute Gasteiger partial charge is 0.347 e. The minimum atomic E-state index is -1.31. The number of ether oxygens (including phenoxy) is 4. The summed E-state index contributed by atoms with van der Waals surface area (Å²) in [5.74, 6) is -2.86. The molecule has 57 heavy (non-hydrogen) atoms. The number of carbonyl (C=O) groups excluding carboxylic acids is 4. The fourth-order valence-corrected chi connectivity index (χ4v) is 6.52. The molecular weight excluding hydrogens is 777 g/mol. The zero-order chi connectivity index (χ0) is 42.7. The summed E-state index contributed by atoms with van der Waals surface area (Å²) in [4.78, 5) is 53.0. The van der Waals surface area contributed by atoms with E-state index >= 15 is 0 Å². The molecule has 5 unspecified atom stereocenters. The Morgan fingerprint density at radius 2 is 1.72 bits per heavy atom. The molecule has 2 aromatic rings. The van der Waals surface area contributed by atoms with Gasteiger partial charge in [-0.25, -0.2) is 4.79 Å². The maximum Gasteiger partial charge on any atom is 0.347 e. The third-order valence-corrected chi connectivity index (χ3v) is 10.8. The van der Waals surface area contributed by atoms with E-state index in [-0.39, 0.29) is 44.9 Å². The van der Waals surface area contributed by atoms with Crippen molar-refractivity contribution < 1.29 is 48.3 Å². The van der Waals surface area contributed by atoms with Gasteiger partial charge in [0.15, 0.2) is 6.10 Å². The number of aliphatic hydroxyl groups excluding tert-OH is 2. The van der Waals surface area contributed by atoms with Crippen molar-refractivity contribution in [1.82, 2.24) is 10.6 Å². The number of nitrogens with two attached hydrogens (primary N) is 1. The van der Waals surface area contributed by atoms with E-state index in [2.05, 4.69) is 10.6 Å². The number of halogens is 2. The summed E-state index contributed by atoms with van der Waals surface area (Å²) in [6.07, 6.45) is -1.77. The van der Waals surface area contributed by atoms with Crippen molar-refractivity contribution in [2.75, 3.05) is 20.2 Å². The van der Waals surface area contributed by atoms with Gasteiger partial charge in [-0.3, -0.25) is 19.7 Å². The second kappa shape index (κ2) is 21.3. The number of hydrogen-bond donors (Lipinski definition) is 5. The molecule has 0 aromatic heterocycles. The molecule has 13 nitrogen and oxygen atoms in total. The fourth-order valence-electron chi connectivity index (χ4n) is 5.86. The average molecular weight is 837 g/mol. The van der Waals surface area contributed by atoms with Gasteiger partial charge in [-0.1, -0.05) is 68.8 Å². The van der Waals surface area contributed by atoms with Crippen molar-refractivity contribution in [1.29, 1.82) is 0 Å². The van der Waals surface area contributed by atoms with Crippen molar-refractivity contribution >= 4 is 47.0 Å². The maximum absolute atomic E-state index is 13.8. The largest absolute Gasteiger partial charge is 0.495 e. The molecule has 1 aliphatic rings. The molecule has 0 bridgehead atoms. The zero-order valence-corrected chi connectivity index (χ0v) is 35.6. The van der Waals surface area contributed by atoms with E-state index in [1.807, 2.05) is 13.8 Å². The highest BCUT2D eigenvalue weighted by Crippen LogP contribution is 2.33. The van der Waals surface area contributed by atoms with E-state index in [9.17, 15) is 29.4 Å². The molecule has 316 valence electrons. The molecule has 0 radical (unpaired) electrons. The lowest BCUT2D eigenvalue weighted by Crippen LogP contribution is -2.53.